The van der Waals surface area contributed by atoms with Crippen LogP contribution in [0.5, 0.6) is 0 Å². The second-order valence-electron chi connectivity index (χ2n) is 5.22. The van der Waals surface area contributed by atoms with E-state index >= 15 is 0 Å². The summed E-state index contributed by atoms with van der Waals surface area (Å²) >= 11 is 1.26. The van der Waals surface area contributed by atoms with E-state index in [1.165, 1.54) is 22.2 Å². The highest BCUT2D eigenvalue weighted by Crippen LogP contribution is 2.27. The van der Waals surface area contributed by atoms with E-state index in [4.69, 9.17) is 5.73 Å². The molecular weight excluding hydrogens is 276 g/mol. The summed E-state index contributed by atoms with van der Waals surface area (Å²) in [6.45, 7) is 1.79. The fourth-order valence-corrected chi connectivity index (χ4v) is 3.41. The van der Waals surface area contributed by atoms with E-state index in [-0.39, 0.29) is 23.6 Å². The molecule has 0 bridgehead atoms. The van der Waals surface area contributed by atoms with Crippen LogP contribution in [0.25, 0.3) is 10.2 Å². The summed E-state index contributed by atoms with van der Waals surface area (Å²) in [5.74, 6) is -0.160. The Morgan fingerprint density at radius 2 is 2.30 bits per heavy atom. The first-order valence-corrected chi connectivity index (χ1v) is 7.32. The fourth-order valence-electron chi connectivity index (χ4n) is 2.36. The SMILES string of the molecule is Cc1c(C(=O)N[C@@H]2CC[C@@H]2N)sc2ncn(C)c(=O)c12. The monoisotopic (exact) mass is 292 g/mol. The molecular formula is C13H16N4O2S. The van der Waals surface area contributed by atoms with E-state index in [2.05, 4.69) is 10.3 Å². The maximum atomic E-state index is 12.3. The third-order valence-corrected chi connectivity index (χ3v) is 5.06. The van der Waals surface area contributed by atoms with Crippen molar-refractivity contribution in [1.82, 2.24) is 14.9 Å². The number of thiophene rings is 1. The molecule has 0 radical (unpaired) electrons. The third-order valence-electron chi connectivity index (χ3n) is 3.86. The van der Waals surface area contributed by atoms with E-state index in [0.717, 1.165) is 12.8 Å². The van der Waals surface area contributed by atoms with Crippen molar-refractivity contribution >= 4 is 27.5 Å². The van der Waals surface area contributed by atoms with Crippen molar-refractivity contribution in [2.75, 3.05) is 0 Å². The predicted molar refractivity (Wildman–Crippen MR) is 78.1 cm³/mol. The van der Waals surface area contributed by atoms with Crippen LogP contribution in [0.4, 0.5) is 0 Å². The minimum Gasteiger partial charge on any atom is -0.347 e. The number of aryl methyl sites for hydroxylation is 2. The number of aromatic nitrogens is 2. The zero-order chi connectivity index (χ0) is 14.4. The lowest BCUT2D eigenvalue weighted by Crippen LogP contribution is -2.54. The molecule has 0 aromatic carbocycles. The highest BCUT2D eigenvalue weighted by Gasteiger charge is 2.30. The van der Waals surface area contributed by atoms with Gasteiger partial charge in [-0.05, 0) is 25.3 Å². The Kier molecular flexibility index (Phi) is 3.10. The Bertz CT molecular complexity index is 749. The number of rotatable bonds is 2. The Morgan fingerprint density at radius 1 is 1.55 bits per heavy atom. The summed E-state index contributed by atoms with van der Waals surface area (Å²) in [6, 6.07) is 0.0857. The molecule has 2 aromatic rings. The molecule has 3 rings (SSSR count). The van der Waals surface area contributed by atoms with Gasteiger partial charge in [-0.2, -0.15) is 0 Å². The molecule has 20 heavy (non-hydrogen) atoms. The average Bonchev–Trinajstić information content (AvgIpc) is 2.76. The van der Waals surface area contributed by atoms with Crippen molar-refractivity contribution in [2.24, 2.45) is 12.8 Å². The highest BCUT2D eigenvalue weighted by atomic mass is 32.1. The normalized spacial score (nSPS) is 21.8. The van der Waals surface area contributed by atoms with Gasteiger partial charge in [0.25, 0.3) is 11.5 Å². The van der Waals surface area contributed by atoms with Crippen LogP contribution in [0.15, 0.2) is 11.1 Å². The number of carbonyl (C=O) groups excluding carboxylic acids is 1. The van der Waals surface area contributed by atoms with E-state index < -0.39 is 0 Å². The molecule has 0 unspecified atom stereocenters. The van der Waals surface area contributed by atoms with Crippen molar-refractivity contribution in [3.63, 3.8) is 0 Å². The van der Waals surface area contributed by atoms with Crippen molar-refractivity contribution in [3.8, 4) is 0 Å². The molecule has 1 aliphatic carbocycles. The van der Waals surface area contributed by atoms with Crippen LogP contribution in [0.1, 0.15) is 28.1 Å². The van der Waals surface area contributed by atoms with Gasteiger partial charge in [0, 0.05) is 19.1 Å². The number of nitrogens with zero attached hydrogens (tertiary/aromatic N) is 2. The zero-order valence-corrected chi connectivity index (χ0v) is 12.2. The Labute approximate surface area is 119 Å². The molecule has 2 atom stereocenters. The van der Waals surface area contributed by atoms with Crippen molar-refractivity contribution in [2.45, 2.75) is 31.8 Å². The molecule has 106 valence electrons. The molecule has 0 saturated heterocycles. The minimum absolute atomic E-state index is 0.0413. The quantitative estimate of drug-likeness (QED) is 0.844. The number of nitrogens with two attached hydrogens (primary N) is 1. The molecule has 1 amide bonds. The smallest absolute Gasteiger partial charge is 0.262 e. The number of fused-ring (bicyclic) bond motifs is 1. The molecule has 6 nitrogen and oxygen atoms in total. The van der Waals surface area contributed by atoms with E-state index in [0.29, 0.717) is 20.7 Å². The van der Waals surface area contributed by atoms with Crippen LogP contribution in [-0.2, 0) is 7.05 Å². The van der Waals surface area contributed by atoms with Gasteiger partial charge in [0.05, 0.1) is 16.6 Å². The summed E-state index contributed by atoms with van der Waals surface area (Å²) in [5.41, 5.74) is 6.41. The molecule has 3 N–H and O–H groups in total. The summed E-state index contributed by atoms with van der Waals surface area (Å²) in [5, 5.41) is 3.46. The predicted octanol–water partition coefficient (Wildman–Crippen LogP) is 0.523. The van der Waals surface area contributed by atoms with Gasteiger partial charge >= 0.3 is 0 Å². The van der Waals surface area contributed by atoms with E-state index in [1.54, 1.807) is 14.0 Å². The maximum Gasteiger partial charge on any atom is 0.262 e. The van der Waals surface area contributed by atoms with Crippen LogP contribution >= 0.6 is 11.3 Å². The number of amides is 1. The van der Waals surface area contributed by atoms with Gasteiger partial charge in [-0.3, -0.25) is 9.59 Å². The van der Waals surface area contributed by atoms with Gasteiger partial charge in [0.1, 0.15) is 4.83 Å². The van der Waals surface area contributed by atoms with Gasteiger partial charge in [-0.1, -0.05) is 0 Å². The van der Waals surface area contributed by atoms with Gasteiger partial charge in [0.15, 0.2) is 0 Å². The van der Waals surface area contributed by atoms with E-state index in [1.807, 2.05) is 0 Å². The number of hydrogen-bond acceptors (Lipinski definition) is 5. The first-order valence-electron chi connectivity index (χ1n) is 6.50. The fraction of sp³-hybridized carbons (Fsp3) is 0.462. The Hall–Kier alpha value is -1.73. The average molecular weight is 292 g/mol. The highest BCUT2D eigenvalue weighted by molar-refractivity contribution is 7.20. The topological polar surface area (TPSA) is 90.0 Å². The Morgan fingerprint density at radius 3 is 2.90 bits per heavy atom. The molecule has 2 aromatic heterocycles. The lowest BCUT2D eigenvalue weighted by Gasteiger charge is -2.33. The number of carbonyl (C=O) groups is 1. The molecule has 7 heteroatoms. The summed E-state index contributed by atoms with van der Waals surface area (Å²) < 4.78 is 1.42. The maximum absolute atomic E-state index is 12.3. The second-order valence-corrected chi connectivity index (χ2v) is 6.22. The third kappa shape index (κ3) is 1.94. The standard InChI is InChI=1S/C13H16N4O2S/c1-6-9-12(15-5-17(2)13(9)19)20-10(6)11(18)16-8-4-3-7(8)14/h5,7-8H,3-4,14H2,1-2H3,(H,16,18)/t7-,8+/m0/s1. The summed E-state index contributed by atoms with van der Waals surface area (Å²) in [7, 11) is 1.65. The molecule has 1 fully saturated rings. The molecule has 2 heterocycles. The van der Waals surface area contributed by atoms with Crippen LogP contribution in [-0.4, -0.2) is 27.5 Å². The largest absolute Gasteiger partial charge is 0.347 e. The van der Waals surface area contributed by atoms with Crippen LogP contribution in [0, 0.1) is 6.92 Å². The molecule has 0 spiro atoms. The summed E-state index contributed by atoms with van der Waals surface area (Å²) in [4.78, 5) is 29.8. The van der Waals surface area contributed by atoms with Gasteiger partial charge < -0.3 is 15.6 Å². The second kappa shape index (κ2) is 4.68. The minimum atomic E-state index is -0.160. The zero-order valence-electron chi connectivity index (χ0n) is 11.3. The van der Waals surface area contributed by atoms with Crippen LogP contribution in [0.2, 0.25) is 0 Å². The number of hydrogen-bond donors (Lipinski definition) is 2. The lowest BCUT2D eigenvalue weighted by atomic mass is 9.87. The van der Waals surface area contributed by atoms with Crippen molar-refractivity contribution in [3.05, 3.63) is 27.1 Å². The first kappa shape index (κ1) is 13.3. The molecule has 1 saturated carbocycles. The van der Waals surface area contributed by atoms with Crippen molar-refractivity contribution < 1.29 is 4.79 Å². The molecule has 1 aliphatic rings. The van der Waals surface area contributed by atoms with Crippen LogP contribution in [0.3, 0.4) is 0 Å². The Balaban J connectivity index is 2.00. The van der Waals surface area contributed by atoms with E-state index in [9.17, 15) is 9.59 Å². The first-order chi connectivity index (χ1) is 9.49. The summed E-state index contributed by atoms with van der Waals surface area (Å²) in [6.07, 6.45) is 3.33. The lowest BCUT2D eigenvalue weighted by molar-refractivity contribution is 0.0909. The van der Waals surface area contributed by atoms with Gasteiger partial charge in [0.2, 0.25) is 0 Å². The van der Waals surface area contributed by atoms with Gasteiger partial charge in [-0.25, -0.2) is 4.98 Å². The molecule has 0 aliphatic heterocycles. The van der Waals surface area contributed by atoms with Gasteiger partial charge in [-0.15, -0.1) is 11.3 Å². The van der Waals surface area contributed by atoms with Crippen LogP contribution < -0.4 is 16.6 Å². The number of nitrogens with one attached hydrogen (secondary N) is 1. The van der Waals surface area contributed by atoms with Crippen molar-refractivity contribution in [1.29, 1.82) is 0 Å².